The van der Waals surface area contributed by atoms with Crippen LogP contribution in [0, 0.1) is 6.92 Å². The van der Waals surface area contributed by atoms with Crippen LogP contribution in [0.3, 0.4) is 0 Å². The largest absolute Gasteiger partial charge is 0.383 e. The van der Waals surface area contributed by atoms with Gasteiger partial charge >= 0.3 is 0 Å². The summed E-state index contributed by atoms with van der Waals surface area (Å²) in [5.41, 5.74) is 2.30. The van der Waals surface area contributed by atoms with Gasteiger partial charge in [-0.05, 0) is 25.3 Å². The van der Waals surface area contributed by atoms with E-state index in [1.165, 1.54) is 5.56 Å². The van der Waals surface area contributed by atoms with Gasteiger partial charge < -0.3 is 9.64 Å². The van der Waals surface area contributed by atoms with Gasteiger partial charge in [0.05, 0.1) is 18.1 Å². The molecule has 1 fully saturated rings. The van der Waals surface area contributed by atoms with Gasteiger partial charge in [0.2, 0.25) is 5.91 Å². The number of methoxy groups -OCH3 is 1. The van der Waals surface area contributed by atoms with Crippen LogP contribution in [0.1, 0.15) is 24.0 Å². The Hall–Kier alpha value is -1.40. The van der Waals surface area contributed by atoms with E-state index in [0.717, 1.165) is 5.56 Å². The zero-order chi connectivity index (χ0) is 16.9. The fourth-order valence-corrected chi connectivity index (χ4v) is 4.71. The number of benzene rings is 1. The number of hydrogen-bond donors (Lipinski definition) is 0. The smallest absolute Gasteiger partial charge is 0.223 e. The first-order valence-electron chi connectivity index (χ1n) is 7.95. The summed E-state index contributed by atoms with van der Waals surface area (Å²) in [6, 6.07) is 7.90. The molecule has 5 nitrogen and oxygen atoms in total. The second kappa shape index (κ2) is 7.93. The summed E-state index contributed by atoms with van der Waals surface area (Å²) >= 11 is 0. The molecule has 1 heterocycles. The van der Waals surface area contributed by atoms with Crippen LogP contribution in [0.2, 0.25) is 0 Å². The molecule has 0 aromatic heterocycles. The number of carbonyl (C=O) groups excluding carboxylic acids is 1. The third-order valence-corrected chi connectivity index (χ3v) is 5.97. The van der Waals surface area contributed by atoms with Crippen molar-refractivity contribution < 1.29 is 17.9 Å². The van der Waals surface area contributed by atoms with Gasteiger partial charge in [-0.25, -0.2) is 8.42 Å². The van der Waals surface area contributed by atoms with Crippen LogP contribution in [0.25, 0.3) is 0 Å². The lowest BCUT2D eigenvalue weighted by molar-refractivity contribution is -0.133. The van der Waals surface area contributed by atoms with Gasteiger partial charge in [0.25, 0.3) is 0 Å². The molecular formula is C17H25NO4S. The highest BCUT2D eigenvalue weighted by molar-refractivity contribution is 7.91. The fourth-order valence-electron chi connectivity index (χ4n) is 2.98. The van der Waals surface area contributed by atoms with Crippen molar-refractivity contribution in [1.82, 2.24) is 4.90 Å². The van der Waals surface area contributed by atoms with E-state index in [4.69, 9.17) is 4.74 Å². The van der Waals surface area contributed by atoms with Crippen LogP contribution in [0.5, 0.6) is 0 Å². The lowest BCUT2D eigenvalue weighted by Crippen LogP contribution is -2.43. The summed E-state index contributed by atoms with van der Waals surface area (Å²) < 4.78 is 28.4. The van der Waals surface area contributed by atoms with Gasteiger partial charge in [0.1, 0.15) is 0 Å². The van der Waals surface area contributed by atoms with Crippen LogP contribution >= 0.6 is 0 Å². The summed E-state index contributed by atoms with van der Waals surface area (Å²) in [4.78, 5) is 14.3. The Morgan fingerprint density at radius 1 is 1.39 bits per heavy atom. The molecular weight excluding hydrogens is 314 g/mol. The van der Waals surface area contributed by atoms with Crippen molar-refractivity contribution in [3.05, 3.63) is 35.4 Å². The average Bonchev–Trinajstić information content (AvgIpc) is 2.85. The highest BCUT2D eigenvalue weighted by Gasteiger charge is 2.34. The molecule has 2 rings (SSSR count). The molecule has 1 aliphatic heterocycles. The molecule has 1 amide bonds. The topological polar surface area (TPSA) is 63.7 Å². The minimum absolute atomic E-state index is 0.00524. The van der Waals surface area contributed by atoms with Gasteiger partial charge in [-0.3, -0.25) is 4.79 Å². The number of rotatable bonds is 7. The molecule has 1 aromatic carbocycles. The number of hydrogen-bond acceptors (Lipinski definition) is 4. The van der Waals surface area contributed by atoms with E-state index in [0.29, 0.717) is 32.4 Å². The Kier molecular flexibility index (Phi) is 6.18. The fraction of sp³-hybridized carbons (Fsp3) is 0.588. The first kappa shape index (κ1) is 17.9. The molecule has 0 radical (unpaired) electrons. The average molecular weight is 339 g/mol. The summed E-state index contributed by atoms with van der Waals surface area (Å²) in [7, 11) is -1.42. The molecule has 0 bridgehead atoms. The van der Waals surface area contributed by atoms with E-state index < -0.39 is 9.84 Å². The van der Waals surface area contributed by atoms with E-state index in [1.54, 1.807) is 12.0 Å². The highest BCUT2D eigenvalue weighted by Crippen LogP contribution is 2.19. The second-order valence-corrected chi connectivity index (χ2v) is 8.35. The van der Waals surface area contributed by atoms with E-state index >= 15 is 0 Å². The quantitative estimate of drug-likeness (QED) is 0.757. The van der Waals surface area contributed by atoms with Crippen molar-refractivity contribution in [3.8, 4) is 0 Å². The van der Waals surface area contributed by atoms with Crippen molar-refractivity contribution in [2.24, 2.45) is 0 Å². The minimum Gasteiger partial charge on any atom is -0.383 e. The van der Waals surface area contributed by atoms with Crippen LogP contribution < -0.4 is 0 Å². The third-order valence-electron chi connectivity index (χ3n) is 4.22. The number of aryl methyl sites for hydroxylation is 2. The first-order chi connectivity index (χ1) is 10.9. The Morgan fingerprint density at radius 3 is 2.78 bits per heavy atom. The predicted molar refractivity (Wildman–Crippen MR) is 90.1 cm³/mol. The van der Waals surface area contributed by atoms with E-state index in [2.05, 4.69) is 6.07 Å². The molecule has 1 aliphatic rings. The molecule has 1 atom stereocenters. The lowest BCUT2D eigenvalue weighted by atomic mass is 10.1. The summed E-state index contributed by atoms with van der Waals surface area (Å²) in [6.45, 7) is 2.90. The van der Waals surface area contributed by atoms with Gasteiger partial charge in [0, 0.05) is 26.1 Å². The molecule has 0 saturated carbocycles. The van der Waals surface area contributed by atoms with Crippen molar-refractivity contribution in [1.29, 1.82) is 0 Å². The zero-order valence-corrected chi connectivity index (χ0v) is 14.6. The standard InChI is InChI=1S/C17H25NO4S/c1-14-4-3-5-15(12-14)6-7-17(19)18(9-10-22-2)16-8-11-23(20,21)13-16/h3-5,12,16H,6-11,13H2,1-2H3. The van der Waals surface area contributed by atoms with Gasteiger partial charge in [-0.1, -0.05) is 29.8 Å². The molecule has 6 heteroatoms. The molecule has 1 aromatic rings. The Balaban J connectivity index is 1.99. The monoisotopic (exact) mass is 339 g/mol. The lowest BCUT2D eigenvalue weighted by Gasteiger charge is -2.28. The number of sulfone groups is 1. The van der Waals surface area contributed by atoms with Crippen LogP contribution in [-0.2, 0) is 25.8 Å². The van der Waals surface area contributed by atoms with Crippen LogP contribution in [0.4, 0.5) is 0 Å². The van der Waals surface area contributed by atoms with Gasteiger partial charge in [0.15, 0.2) is 9.84 Å². The number of amides is 1. The predicted octanol–water partition coefficient (Wildman–Crippen LogP) is 1.59. The number of ether oxygens (including phenoxy) is 1. The van der Waals surface area contributed by atoms with Crippen molar-refractivity contribution in [2.75, 3.05) is 31.8 Å². The summed E-state index contributed by atoms with van der Waals surface area (Å²) in [5, 5.41) is 0. The van der Waals surface area contributed by atoms with E-state index in [1.807, 2.05) is 25.1 Å². The van der Waals surface area contributed by atoms with Crippen LogP contribution in [-0.4, -0.2) is 57.0 Å². The number of nitrogens with zero attached hydrogens (tertiary/aromatic N) is 1. The molecule has 0 N–H and O–H groups in total. The Morgan fingerprint density at radius 2 is 2.17 bits per heavy atom. The maximum absolute atomic E-state index is 12.6. The highest BCUT2D eigenvalue weighted by atomic mass is 32.2. The number of carbonyl (C=O) groups is 1. The van der Waals surface area contributed by atoms with Gasteiger partial charge in [-0.2, -0.15) is 0 Å². The van der Waals surface area contributed by atoms with Crippen LogP contribution in [0.15, 0.2) is 24.3 Å². The van der Waals surface area contributed by atoms with Crippen molar-refractivity contribution in [3.63, 3.8) is 0 Å². The molecule has 23 heavy (non-hydrogen) atoms. The second-order valence-electron chi connectivity index (χ2n) is 6.13. The van der Waals surface area contributed by atoms with E-state index in [9.17, 15) is 13.2 Å². The molecule has 128 valence electrons. The Bertz CT molecular complexity index is 642. The SMILES string of the molecule is COCCN(C(=O)CCc1cccc(C)c1)C1CCS(=O)(=O)C1. The maximum atomic E-state index is 12.6. The molecule has 1 saturated heterocycles. The van der Waals surface area contributed by atoms with Crippen molar-refractivity contribution >= 4 is 15.7 Å². The molecule has 0 aliphatic carbocycles. The molecule has 1 unspecified atom stereocenters. The molecule has 0 spiro atoms. The Labute approximate surface area is 138 Å². The minimum atomic E-state index is -3.01. The third kappa shape index (κ3) is 5.32. The summed E-state index contributed by atoms with van der Waals surface area (Å²) in [5.74, 6) is 0.254. The van der Waals surface area contributed by atoms with Gasteiger partial charge in [-0.15, -0.1) is 0 Å². The summed E-state index contributed by atoms with van der Waals surface area (Å²) in [6.07, 6.45) is 1.59. The normalized spacial score (nSPS) is 19.7. The van der Waals surface area contributed by atoms with E-state index in [-0.39, 0.29) is 23.5 Å². The van der Waals surface area contributed by atoms with Crippen molar-refractivity contribution in [2.45, 2.75) is 32.2 Å². The first-order valence-corrected chi connectivity index (χ1v) is 9.78. The maximum Gasteiger partial charge on any atom is 0.223 e. The zero-order valence-electron chi connectivity index (χ0n) is 13.8.